The van der Waals surface area contributed by atoms with Gasteiger partial charge in [-0.25, -0.2) is 4.39 Å². The van der Waals surface area contributed by atoms with Crippen molar-refractivity contribution in [1.29, 1.82) is 5.26 Å². The third-order valence-corrected chi connectivity index (χ3v) is 4.50. The molecule has 0 fully saturated rings. The summed E-state index contributed by atoms with van der Waals surface area (Å²) in [6.07, 6.45) is 1.67. The molecule has 4 heteroatoms. The third-order valence-electron chi connectivity index (χ3n) is 4.50. The molecule has 0 spiro atoms. The molecule has 1 aliphatic heterocycles. The normalized spacial score (nSPS) is 21.6. The van der Waals surface area contributed by atoms with Crippen molar-refractivity contribution >= 4 is 5.69 Å². The molecule has 2 heterocycles. The molecule has 3 nitrogen and oxygen atoms in total. The molecule has 1 N–H and O–H groups in total. The number of nitrogens with zero attached hydrogens (tertiary/aromatic N) is 2. The molecule has 0 saturated heterocycles. The molecule has 0 unspecified atom stereocenters. The average Bonchev–Trinajstić information content (AvgIpc) is 2.98. The van der Waals surface area contributed by atoms with Gasteiger partial charge >= 0.3 is 0 Å². The van der Waals surface area contributed by atoms with Crippen LogP contribution in [-0.4, -0.2) is 4.98 Å². The van der Waals surface area contributed by atoms with Crippen LogP contribution in [0.5, 0.6) is 0 Å². The minimum atomic E-state index is -1.08. The Labute approximate surface area is 139 Å². The molecule has 0 bridgehead atoms. The minimum Gasteiger partial charge on any atom is -0.374 e. The Kier molecular flexibility index (Phi) is 3.28. The molecule has 3 aromatic rings. The largest absolute Gasteiger partial charge is 0.374 e. The van der Waals surface area contributed by atoms with Crippen molar-refractivity contribution in [3.63, 3.8) is 0 Å². The highest BCUT2D eigenvalue weighted by Crippen LogP contribution is 2.51. The van der Waals surface area contributed by atoms with Gasteiger partial charge in [-0.2, -0.15) is 5.26 Å². The van der Waals surface area contributed by atoms with Crippen LogP contribution in [0.25, 0.3) is 0 Å². The van der Waals surface area contributed by atoms with Gasteiger partial charge in [0.25, 0.3) is 0 Å². The van der Waals surface area contributed by atoms with Gasteiger partial charge < -0.3 is 5.32 Å². The standard InChI is InChI=1S/C20H14FN3/c21-16-9-4-8-15(12-16)20(13-22)18(14-6-2-1-3-7-14)24-17-10-5-11-23-19(17)20/h1-12,18,24H/t18-,20-/m0/s1. The fourth-order valence-corrected chi connectivity index (χ4v) is 3.43. The monoisotopic (exact) mass is 315 g/mol. The van der Waals surface area contributed by atoms with Crippen LogP contribution in [0, 0.1) is 17.1 Å². The summed E-state index contributed by atoms with van der Waals surface area (Å²) in [7, 11) is 0. The smallest absolute Gasteiger partial charge is 0.150 e. The number of fused-ring (bicyclic) bond motifs is 1. The molecule has 2 atom stereocenters. The van der Waals surface area contributed by atoms with Crippen LogP contribution in [0.4, 0.5) is 10.1 Å². The van der Waals surface area contributed by atoms with E-state index in [4.69, 9.17) is 0 Å². The highest BCUT2D eigenvalue weighted by molar-refractivity contribution is 5.68. The number of rotatable bonds is 2. The van der Waals surface area contributed by atoms with Crippen molar-refractivity contribution in [1.82, 2.24) is 4.98 Å². The Hall–Kier alpha value is -3.19. The number of nitrogens with one attached hydrogen (secondary N) is 1. The molecule has 4 rings (SSSR count). The van der Waals surface area contributed by atoms with Crippen LogP contribution in [0.2, 0.25) is 0 Å². The van der Waals surface area contributed by atoms with E-state index in [0.717, 1.165) is 11.3 Å². The number of halogens is 1. The van der Waals surface area contributed by atoms with Gasteiger partial charge in [0.1, 0.15) is 5.82 Å². The van der Waals surface area contributed by atoms with Crippen LogP contribution in [0.1, 0.15) is 22.9 Å². The van der Waals surface area contributed by atoms with E-state index in [1.807, 2.05) is 42.5 Å². The van der Waals surface area contributed by atoms with Crippen LogP contribution in [-0.2, 0) is 5.41 Å². The molecule has 1 aromatic heterocycles. The van der Waals surface area contributed by atoms with Crippen molar-refractivity contribution in [2.75, 3.05) is 5.32 Å². The summed E-state index contributed by atoms with van der Waals surface area (Å²) < 4.78 is 13.9. The molecule has 2 aromatic carbocycles. The fourth-order valence-electron chi connectivity index (χ4n) is 3.43. The zero-order chi connectivity index (χ0) is 16.6. The quantitative estimate of drug-likeness (QED) is 0.771. The van der Waals surface area contributed by atoms with Crippen molar-refractivity contribution in [2.45, 2.75) is 11.5 Å². The number of nitriles is 1. The van der Waals surface area contributed by atoms with Crippen molar-refractivity contribution in [3.8, 4) is 6.07 Å². The average molecular weight is 315 g/mol. The second kappa shape index (κ2) is 5.47. The van der Waals surface area contributed by atoms with E-state index in [0.29, 0.717) is 11.3 Å². The molecular formula is C20H14FN3. The lowest BCUT2D eigenvalue weighted by Gasteiger charge is -2.29. The minimum absolute atomic E-state index is 0.338. The van der Waals surface area contributed by atoms with Gasteiger partial charge in [-0.05, 0) is 35.4 Å². The SMILES string of the molecule is N#C[C@@]1(c2cccc(F)c2)c2ncccc2N[C@H]1c1ccccc1. The predicted molar refractivity (Wildman–Crippen MR) is 89.8 cm³/mol. The molecular weight excluding hydrogens is 301 g/mol. The molecule has 0 amide bonds. The molecule has 0 radical (unpaired) electrons. The number of pyridine rings is 1. The summed E-state index contributed by atoms with van der Waals surface area (Å²) in [5, 5.41) is 13.6. The van der Waals surface area contributed by atoms with Gasteiger partial charge in [0, 0.05) is 6.20 Å². The second-order valence-electron chi connectivity index (χ2n) is 5.82. The molecule has 0 saturated carbocycles. The number of hydrogen-bond acceptors (Lipinski definition) is 3. The van der Waals surface area contributed by atoms with Gasteiger partial charge in [-0.3, -0.25) is 4.98 Å². The summed E-state index contributed by atoms with van der Waals surface area (Å²) in [6.45, 7) is 0. The van der Waals surface area contributed by atoms with Crippen LogP contribution in [0.3, 0.4) is 0 Å². The van der Waals surface area contributed by atoms with Crippen molar-refractivity contribution in [2.24, 2.45) is 0 Å². The summed E-state index contributed by atoms with van der Waals surface area (Å²) in [4.78, 5) is 4.46. The maximum Gasteiger partial charge on any atom is 0.150 e. The molecule has 1 aliphatic rings. The summed E-state index contributed by atoms with van der Waals surface area (Å²) in [5.41, 5.74) is 1.91. The van der Waals surface area contributed by atoms with Gasteiger partial charge in [-0.1, -0.05) is 42.5 Å². The highest BCUT2D eigenvalue weighted by atomic mass is 19.1. The van der Waals surface area contributed by atoms with E-state index < -0.39 is 5.41 Å². The predicted octanol–water partition coefficient (Wildman–Crippen LogP) is 4.20. The number of hydrogen-bond donors (Lipinski definition) is 1. The van der Waals surface area contributed by atoms with Gasteiger partial charge in [0.05, 0.1) is 23.5 Å². The van der Waals surface area contributed by atoms with E-state index in [9.17, 15) is 9.65 Å². The Bertz CT molecular complexity index is 933. The summed E-state index contributed by atoms with van der Waals surface area (Å²) in [6, 6.07) is 21.8. The fraction of sp³-hybridized carbons (Fsp3) is 0.100. The molecule has 24 heavy (non-hydrogen) atoms. The lowest BCUT2D eigenvalue weighted by Crippen LogP contribution is -2.33. The molecule has 116 valence electrons. The zero-order valence-electron chi connectivity index (χ0n) is 12.8. The number of anilines is 1. The van der Waals surface area contributed by atoms with Crippen LogP contribution in [0.15, 0.2) is 72.9 Å². The van der Waals surface area contributed by atoms with Gasteiger partial charge in [0.2, 0.25) is 0 Å². The topological polar surface area (TPSA) is 48.7 Å². The first kappa shape index (κ1) is 14.4. The van der Waals surface area contributed by atoms with E-state index in [2.05, 4.69) is 16.4 Å². The van der Waals surface area contributed by atoms with E-state index >= 15 is 0 Å². The van der Waals surface area contributed by atoms with Crippen LogP contribution >= 0.6 is 0 Å². The lowest BCUT2D eigenvalue weighted by molar-refractivity contribution is 0.563. The van der Waals surface area contributed by atoms with Crippen LogP contribution < -0.4 is 5.32 Å². The Morgan fingerprint density at radius 1 is 1.04 bits per heavy atom. The van der Waals surface area contributed by atoms with E-state index in [1.165, 1.54) is 12.1 Å². The van der Waals surface area contributed by atoms with Gasteiger partial charge in [0.15, 0.2) is 5.41 Å². The Morgan fingerprint density at radius 3 is 2.62 bits per heavy atom. The first-order valence-electron chi connectivity index (χ1n) is 7.70. The summed E-state index contributed by atoms with van der Waals surface area (Å²) >= 11 is 0. The number of benzene rings is 2. The second-order valence-corrected chi connectivity index (χ2v) is 5.82. The summed E-state index contributed by atoms with van der Waals surface area (Å²) in [5.74, 6) is -0.363. The number of aromatic nitrogens is 1. The van der Waals surface area contributed by atoms with E-state index in [-0.39, 0.29) is 11.9 Å². The van der Waals surface area contributed by atoms with Crippen molar-refractivity contribution < 1.29 is 4.39 Å². The Balaban J connectivity index is 2.01. The zero-order valence-corrected chi connectivity index (χ0v) is 12.8. The van der Waals surface area contributed by atoms with E-state index in [1.54, 1.807) is 18.3 Å². The molecule has 0 aliphatic carbocycles. The van der Waals surface area contributed by atoms with Crippen molar-refractivity contribution in [3.05, 3.63) is 95.6 Å². The Morgan fingerprint density at radius 2 is 1.88 bits per heavy atom. The first-order valence-corrected chi connectivity index (χ1v) is 7.70. The maximum absolute atomic E-state index is 13.9. The third kappa shape index (κ3) is 1.99. The highest BCUT2D eigenvalue weighted by Gasteiger charge is 2.51. The first-order chi connectivity index (χ1) is 11.8. The van der Waals surface area contributed by atoms with Gasteiger partial charge in [-0.15, -0.1) is 0 Å². The lowest BCUT2D eigenvalue weighted by atomic mass is 9.72. The maximum atomic E-state index is 13.9.